The van der Waals surface area contributed by atoms with Gasteiger partial charge < -0.3 is 15.4 Å². The minimum absolute atomic E-state index is 0.00296. The van der Waals surface area contributed by atoms with Crippen LogP contribution in [0.2, 0.25) is 0 Å². The third-order valence-electron chi connectivity index (χ3n) is 4.44. The molecule has 6 nitrogen and oxygen atoms in total. The lowest BCUT2D eigenvalue weighted by atomic mass is 9.88. The highest BCUT2D eigenvalue weighted by atomic mass is 32.2. The first-order valence-electron chi connectivity index (χ1n) is 9.17. The van der Waals surface area contributed by atoms with Gasteiger partial charge >= 0.3 is 0 Å². The van der Waals surface area contributed by atoms with Crippen LogP contribution in [-0.2, 0) is 17.9 Å². The number of rotatable bonds is 6. The van der Waals surface area contributed by atoms with Gasteiger partial charge in [-0.1, -0.05) is 42.1 Å². The number of aromatic nitrogens is 3. The second-order valence-corrected chi connectivity index (χ2v) is 7.79. The van der Waals surface area contributed by atoms with Gasteiger partial charge in [0.25, 0.3) is 5.97 Å². The first-order chi connectivity index (χ1) is 13.3. The molecule has 0 spiro atoms. The third kappa shape index (κ3) is 7.20. The van der Waals surface area contributed by atoms with Crippen LogP contribution in [0.25, 0.3) is 0 Å². The van der Waals surface area contributed by atoms with Gasteiger partial charge in [0.05, 0.1) is 13.1 Å². The smallest absolute Gasteiger partial charge is 0.300 e. The Morgan fingerprint density at radius 3 is 2.46 bits per heavy atom. The summed E-state index contributed by atoms with van der Waals surface area (Å²) in [4.78, 5) is 9.00. The zero-order valence-corrected chi connectivity index (χ0v) is 16.7. The molecule has 1 saturated carbocycles. The maximum absolute atomic E-state index is 13.2. The van der Waals surface area contributed by atoms with Crippen molar-refractivity contribution in [3.63, 3.8) is 0 Å². The number of aliphatic carboxylic acids is 1. The van der Waals surface area contributed by atoms with E-state index in [0.29, 0.717) is 31.8 Å². The van der Waals surface area contributed by atoms with Gasteiger partial charge in [-0.3, -0.25) is 4.79 Å². The standard InChI is InChI=1S/C17H22F2N4S.C2H4O2/c18-17(19)8-6-14(7-9-17)12-24-16-22-21-15(10-20)23(16)11-13-4-2-1-3-5-13;1-2(3)4/h1-5,14H,6-12,20H2;1H3,(H,3,4). The lowest BCUT2D eigenvalue weighted by Gasteiger charge is -2.27. The summed E-state index contributed by atoms with van der Waals surface area (Å²) in [6, 6.07) is 10.1. The third-order valence-corrected chi connectivity index (χ3v) is 5.64. The van der Waals surface area contributed by atoms with Gasteiger partial charge in [0.15, 0.2) is 5.16 Å². The van der Waals surface area contributed by atoms with Crippen LogP contribution in [0.3, 0.4) is 0 Å². The van der Waals surface area contributed by atoms with Gasteiger partial charge in [-0.25, -0.2) is 8.78 Å². The van der Waals surface area contributed by atoms with Crippen molar-refractivity contribution in [1.82, 2.24) is 14.8 Å². The minimum atomic E-state index is -2.47. The zero-order chi connectivity index (χ0) is 20.6. The van der Waals surface area contributed by atoms with E-state index in [1.807, 2.05) is 22.8 Å². The van der Waals surface area contributed by atoms with Crippen molar-refractivity contribution in [3.05, 3.63) is 41.7 Å². The maximum Gasteiger partial charge on any atom is 0.300 e. The van der Waals surface area contributed by atoms with Gasteiger partial charge in [0.1, 0.15) is 5.82 Å². The Balaban J connectivity index is 0.000000640. The highest BCUT2D eigenvalue weighted by Gasteiger charge is 2.34. The Bertz CT molecular complexity index is 742. The monoisotopic (exact) mass is 412 g/mol. The molecule has 28 heavy (non-hydrogen) atoms. The number of alkyl halides is 2. The number of halogens is 2. The fourth-order valence-electron chi connectivity index (χ4n) is 2.96. The summed E-state index contributed by atoms with van der Waals surface area (Å²) in [5.41, 5.74) is 6.93. The Hall–Kier alpha value is -2.00. The van der Waals surface area contributed by atoms with E-state index in [-0.39, 0.29) is 12.8 Å². The molecule has 0 bridgehead atoms. The maximum atomic E-state index is 13.2. The molecule has 2 aromatic rings. The van der Waals surface area contributed by atoms with Crippen molar-refractivity contribution >= 4 is 17.7 Å². The largest absolute Gasteiger partial charge is 0.481 e. The molecule has 1 aliphatic carbocycles. The highest BCUT2D eigenvalue weighted by Crippen LogP contribution is 2.38. The van der Waals surface area contributed by atoms with Crippen LogP contribution in [0.15, 0.2) is 35.5 Å². The predicted molar refractivity (Wildman–Crippen MR) is 104 cm³/mol. The fraction of sp³-hybridized carbons (Fsp3) is 0.526. The summed E-state index contributed by atoms with van der Waals surface area (Å²) in [7, 11) is 0. The molecule has 9 heteroatoms. The van der Waals surface area contributed by atoms with Crippen molar-refractivity contribution in [2.45, 2.75) is 56.8 Å². The number of carbonyl (C=O) groups is 1. The van der Waals surface area contributed by atoms with Crippen LogP contribution in [-0.4, -0.2) is 37.5 Å². The van der Waals surface area contributed by atoms with Gasteiger partial charge in [-0.05, 0) is 24.3 Å². The summed E-state index contributed by atoms with van der Waals surface area (Å²) in [5.74, 6) is -1.44. The number of carboxylic acids is 1. The van der Waals surface area contributed by atoms with Crippen LogP contribution >= 0.6 is 11.8 Å². The number of nitrogens with two attached hydrogens (primary N) is 1. The molecular formula is C19H26F2N4O2S. The summed E-state index contributed by atoms with van der Waals surface area (Å²) in [6.45, 7) is 2.08. The number of carboxylic acid groups (broad SMARTS) is 1. The van der Waals surface area contributed by atoms with Crippen molar-refractivity contribution in [3.8, 4) is 0 Å². The van der Waals surface area contributed by atoms with Crippen molar-refractivity contribution in [1.29, 1.82) is 0 Å². The first kappa shape index (κ1) is 22.3. The molecule has 1 aliphatic rings. The van der Waals surface area contributed by atoms with Crippen LogP contribution in [0.1, 0.15) is 44.0 Å². The van der Waals surface area contributed by atoms with E-state index in [2.05, 4.69) is 22.3 Å². The zero-order valence-electron chi connectivity index (χ0n) is 15.9. The summed E-state index contributed by atoms with van der Waals surface area (Å²) in [5, 5.41) is 16.6. The molecule has 3 N–H and O–H groups in total. The highest BCUT2D eigenvalue weighted by molar-refractivity contribution is 7.99. The molecule has 0 amide bonds. The molecule has 0 unspecified atom stereocenters. The first-order valence-corrected chi connectivity index (χ1v) is 10.2. The fourth-order valence-corrected chi connectivity index (χ4v) is 4.10. The van der Waals surface area contributed by atoms with Crippen molar-refractivity contribution < 1.29 is 18.7 Å². The molecule has 1 aromatic heterocycles. The predicted octanol–water partition coefficient (Wildman–Crippen LogP) is 3.79. The Labute approximate surface area is 167 Å². The average molecular weight is 413 g/mol. The molecule has 1 aromatic carbocycles. The van der Waals surface area contributed by atoms with E-state index in [9.17, 15) is 8.78 Å². The van der Waals surface area contributed by atoms with Crippen LogP contribution in [0.5, 0.6) is 0 Å². The Kier molecular flexibility index (Phi) is 8.37. The Morgan fingerprint density at radius 2 is 1.89 bits per heavy atom. The van der Waals surface area contributed by atoms with Gasteiger partial charge in [0.2, 0.25) is 5.92 Å². The van der Waals surface area contributed by atoms with Crippen molar-refractivity contribution in [2.24, 2.45) is 11.7 Å². The molecule has 1 fully saturated rings. The second kappa shape index (κ2) is 10.5. The summed E-state index contributed by atoms with van der Waals surface area (Å²) < 4.78 is 28.5. The van der Waals surface area contributed by atoms with Gasteiger partial charge in [-0.15, -0.1) is 10.2 Å². The minimum Gasteiger partial charge on any atom is -0.481 e. The molecule has 3 rings (SSSR count). The Morgan fingerprint density at radius 1 is 1.29 bits per heavy atom. The molecule has 0 saturated heterocycles. The molecular weight excluding hydrogens is 386 g/mol. The van der Waals surface area contributed by atoms with E-state index >= 15 is 0 Å². The lowest BCUT2D eigenvalue weighted by molar-refractivity contribution is -0.134. The molecule has 154 valence electrons. The number of benzene rings is 1. The summed E-state index contributed by atoms with van der Waals surface area (Å²) in [6.07, 6.45) is 1.17. The second-order valence-electron chi connectivity index (χ2n) is 6.80. The topological polar surface area (TPSA) is 94.0 Å². The number of hydrogen-bond acceptors (Lipinski definition) is 5. The van der Waals surface area contributed by atoms with Crippen LogP contribution < -0.4 is 5.73 Å². The summed E-state index contributed by atoms with van der Waals surface area (Å²) >= 11 is 1.60. The normalized spacial score (nSPS) is 16.3. The van der Waals surface area contributed by atoms with Crippen LogP contribution in [0.4, 0.5) is 8.78 Å². The van der Waals surface area contributed by atoms with E-state index in [4.69, 9.17) is 15.6 Å². The van der Waals surface area contributed by atoms with Crippen molar-refractivity contribution in [2.75, 3.05) is 5.75 Å². The average Bonchev–Trinajstić information content (AvgIpc) is 3.03. The van der Waals surface area contributed by atoms with E-state index in [1.165, 1.54) is 0 Å². The molecule has 1 heterocycles. The molecule has 0 atom stereocenters. The van der Waals surface area contributed by atoms with E-state index in [0.717, 1.165) is 29.2 Å². The SMILES string of the molecule is CC(=O)O.NCc1nnc(SCC2CCC(F)(F)CC2)n1Cc1ccccc1. The molecule has 0 aliphatic heterocycles. The van der Waals surface area contributed by atoms with Gasteiger partial charge in [-0.2, -0.15) is 0 Å². The van der Waals surface area contributed by atoms with Gasteiger partial charge in [0, 0.05) is 25.5 Å². The van der Waals surface area contributed by atoms with E-state index < -0.39 is 11.9 Å². The number of hydrogen-bond donors (Lipinski definition) is 2. The lowest BCUT2D eigenvalue weighted by Crippen LogP contribution is -2.25. The van der Waals surface area contributed by atoms with E-state index in [1.54, 1.807) is 11.8 Å². The number of nitrogens with zero attached hydrogens (tertiary/aromatic N) is 3. The quantitative estimate of drug-likeness (QED) is 0.701. The number of thioether (sulfide) groups is 1. The van der Waals surface area contributed by atoms with Crippen LogP contribution in [0, 0.1) is 5.92 Å². The molecule has 0 radical (unpaired) electrons.